The van der Waals surface area contributed by atoms with E-state index in [1.807, 2.05) is 6.07 Å². The van der Waals surface area contributed by atoms with Crippen LogP contribution in [0.1, 0.15) is 25.3 Å². The van der Waals surface area contributed by atoms with Crippen LogP contribution in [0.4, 0.5) is 0 Å². The maximum Gasteiger partial charge on any atom is 0.197 e. The third-order valence-electron chi connectivity index (χ3n) is 2.66. The Kier molecular flexibility index (Phi) is 3.79. The van der Waals surface area contributed by atoms with E-state index >= 15 is 0 Å². The van der Waals surface area contributed by atoms with Crippen LogP contribution < -0.4 is 0 Å². The van der Waals surface area contributed by atoms with Gasteiger partial charge in [-0.3, -0.25) is 0 Å². The minimum absolute atomic E-state index is 0.645. The van der Waals surface area contributed by atoms with Crippen LogP contribution in [0.2, 0.25) is 0 Å². The van der Waals surface area contributed by atoms with Crippen LogP contribution in [0.5, 0.6) is 0 Å². The van der Waals surface area contributed by atoms with Crippen LogP contribution >= 0.6 is 0 Å². The summed E-state index contributed by atoms with van der Waals surface area (Å²) in [5.41, 5.74) is 3.14. The fourth-order valence-electron chi connectivity index (χ4n) is 1.92. The lowest BCUT2D eigenvalue weighted by Crippen LogP contribution is -1.94. The Bertz CT molecular complexity index is 488. The summed E-state index contributed by atoms with van der Waals surface area (Å²) in [6.45, 7) is 5.08. The summed E-state index contributed by atoms with van der Waals surface area (Å²) in [7, 11) is 1.68. The van der Waals surface area contributed by atoms with E-state index in [9.17, 15) is 0 Å². The third-order valence-corrected chi connectivity index (χ3v) is 2.66. The standard InChI is InChI=1S/C14H19NO2/c1-10(2)8-11-4-5-13-12(9-11)15-14(17-13)6-7-16-3/h4-5,9-10H,6-8H2,1-3H3. The summed E-state index contributed by atoms with van der Waals surface area (Å²) >= 11 is 0. The molecular weight excluding hydrogens is 214 g/mol. The topological polar surface area (TPSA) is 35.3 Å². The van der Waals surface area contributed by atoms with Gasteiger partial charge in [-0.25, -0.2) is 4.98 Å². The van der Waals surface area contributed by atoms with Crippen LogP contribution in [-0.2, 0) is 17.6 Å². The predicted molar refractivity (Wildman–Crippen MR) is 68.1 cm³/mol. The monoisotopic (exact) mass is 233 g/mol. The average Bonchev–Trinajstić information content (AvgIpc) is 2.67. The molecule has 3 nitrogen and oxygen atoms in total. The molecule has 1 aromatic carbocycles. The molecule has 0 aliphatic rings. The molecule has 92 valence electrons. The van der Waals surface area contributed by atoms with E-state index < -0.39 is 0 Å². The van der Waals surface area contributed by atoms with Crippen molar-refractivity contribution in [1.82, 2.24) is 4.98 Å². The minimum Gasteiger partial charge on any atom is -0.441 e. The SMILES string of the molecule is COCCc1nc2cc(CC(C)C)ccc2o1. The molecule has 1 aromatic heterocycles. The first-order valence-corrected chi connectivity index (χ1v) is 6.06. The van der Waals surface area contributed by atoms with Crippen LogP contribution in [-0.4, -0.2) is 18.7 Å². The summed E-state index contributed by atoms with van der Waals surface area (Å²) in [4.78, 5) is 4.47. The highest BCUT2D eigenvalue weighted by Gasteiger charge is 2.07. The summed E-state index contributed by atoms with van der Waals surface area (Å²) < 4.78 is 10.7. The quantitative estimate of drug-likeness (QED) is 0.795. The Morgan fingerprint density at radius 2 is 2.18 bits per heavy atom. The molecule has 0 atom stereocenters. The number of oxazole rings is 1. The van der Waals surface area contributed by atoms with E-state index in [4.69, 9.17) is 9.15 Å². The number of fused-ring (bicyclic) bond motifs is 1. The van der Waals surface area contributed by atoms with Gasteiger partial charge >= 0.3 is 0 Å². The lowest BCUT2D eigenvalue weighted by atomic mass is 10.0. The first-order chi connectivity index (χ1) is 8.19. The highest BCUT2D eigenvalue weighted by molar-refractivity contribution is 5.73. The number of benzene rings is 1. The number of nitrogens with zero attached hydrogens (tertiary/aromatic N) is 1. The van der Waals surface area contributed by atoms with Crippen molar-refractivity contribution in [2.45, 2.75) is 26.7 Å². The van der Waals surface area contributed by atoms with Gasteiger partial charge in [0.05, 0.1) is 6.61 Å². The summed E-state index contributed by atoms with van der Waals surface area (Å²) in [6.07, 6.45) is 1.81. The van der Waals surface area contributed by atoms with Crippen molar-refractivity contribution in [3.8, 4) is 0 Å². The Hall–Kier alpha value is -1.35. The van der Waals surface area contributed by atoms with Gasteiger partial charge in [-0.1, -0.05) is 19.9 Å². The maximum absolute atomic E-state index is 5.64. The lowest BCUT2D eigenvalue weighted by molar-refractivity contribution is 0.196. The van der Waals surface area contributed by atoms with Crippen molar-refractivity contribution in [3.05, 3.63) is 29.7 Å². The second-order valence-corrected chi connectivity index (χ2v) is 4.75. The number of rotatable bonds is 5. The lowest BCUT2D eigenvalue weighted by Gasteiger charge is -2.03. The van der Waals surface area contributed by atoms with Gasteiger partial charge in [-0.15, -0.1) is 0 Å². The molecule has 0 saturated carbocycles. The molecule has 0 radical (unpaired) electrons. The van der Waals surface area contributed by atoms with Gasteiger partial charge < -0.3 is 9.15 Å². The Balaban J connectivity index is 2.21. The summed E-state index contributed by atoms with van der Waals surface area (Å²) in [6, 6.07) is 6.25. The van der Waals surface area contributed by atoms with Crippen molar-refractivity contribution in [2.24, 2.45) is 5.92 Å². The average molecular weight is 233 g/mol. The number of hydrogen-bond acceptors (Lipinski definition) is 3. The molecule has 1 heterocycles. The Labute approximate surface area is 102 Å². The zero-order chi connectivity index (χ0) is 12.3. The van der Waals surface area contributed by atoms with Crippen molar-refractivity contribution in [1.29, 1.82) is 0 Å². The van der Waals surface area contributed by atoms with E-state index in [0.717, 1.165) is 29.8 Å². The molecule has 0 amide bonds. The van der Waals surface area contributed by atoms with Crippen molar-refractivity contribution in [2.75, 3.05) is 13.7 Å². The summed E-state index contributed by atoms with van der Waals surface area (Å²) in [5.74, 6) is 1.41. The minimum atomic E-state index is 0.645. The number of hydrogen-bond donors (Lipinski definition) is 0. The number of methoxy groups -OCH3 is 1. The van der Waals surface area contributed by atoms with Gasteiger partial charge in [-0.2, -0.15) is 0 Å². The molecular formula is C14H19NO2. The second-order valence-electron chi connectivity index (χ2n) is 4.75. The molecule has 0 aliphatic carbocycles. The van der Waals surface area contributed by atoms with Gasteiger partial charge in [0.1, 0.15) is 5.52 Å². The fraction of sp³-hybridized carbons (Fsp3) is 0.500. The Morgan fingerprint density at radius 1 is 1.35 bits per heavy atom. The molecule has 0 fully saturated rings. The fourth-order valence-corrected chi connectivity index (χ4v) is 1.92. The van der Waals surface area contributed by atoms with E-state index in [2.05, 4.69) is 31.0 Å². The smallest absolute Gasteiger partial charge is 0.197 e. The maximum atomic E-state index is 5.64. The van der Waals surface area contributed by atoms with E-state index in [0.29, 0.717) is 12.5 Å². The largest absolute Gasteiger partial charge is 0.441 e. The van der Waals surface area contributed by atoms with Gasteiger partial charge in [-0.05, 0) is 30.0 Å². The van der Waals surface area contributed by atoms with Gasteiger partial charge in [0.15, 0.2) is 11.5 Å². The molecule has 17 heavy (non-hydrogen) atoms. The molecule has 0 saturated heterocycles. The molecule has 2 aromatic rings. The molecule has 0 N–H and O–H groups in total. The zero-order valence-electron chi connectivity index (χ0n) is 10.7. The van der Waals surface area contributed by atoms with Crippen LogP contribution in [0, 0.1) is 5.92 Å². The molecule has 0 bridgehead atoms. The van der Waals surface area contributed by atoms with Gasteiger partial charge in [0, 0.05) is 13.5 Å². The predicted octanol–water partition coefficient (Wildman–Crippen LogP) is 3.22. The number of aromatic nitrogens is 1. The van der Waals surface area contributed by atoms with Crippen molar-refractivity contribution >= 4 is 11.1 Å². The Morgan fingerprint density at radius 3 is 2.88 bits per heavy atom. The highest BCUT2D eigenvalue weighted by atomic mass is 16.5. The molecule has 3 heteroatoms. The number of ether oxygens (including phenoxy) is 1. The zero-order valence-corrected chi connectivity index (χ0v) is 10.7. The van der Waals surface area contributed by atoms with Crippen molar-refractivity contribution in [3.63, 3.8) is 0 Å². The van der Waals surface area contributed by atoms with Crippen LogP contribution in [0.15, 0.2) is 22.6 Å². The van der Waals surface area contributed by atoms with Gasteiger partial charge in [0.2, 0.25) is 0 Å². The summed E-state index contributed by atoms with van der Waals surface area (Å²) in [5, 5.41) is 0. The van der Waals surface area contributed by atoms with Crippen LogP contribution in [0.25, 0.3) is 11.1 Å². The van der Waals surface area contributed by atoms with Gasteiger partial charge in [0.25, 0.3) is 0 Å². The molecule has 0 unspecified atom stereocenters. The second kappa shape index (κ2) is 5.32. The molecule has 2 rings (SSSR count). The van der Waals surface area contributed by atoms with E-state index in [-0.39, 0.29) is 0 Å². The first kappa shape index (κ1) is 12.1. The highest BCUT2D eigenvalue weighted by Crippen LogP contribution is 2.19. The molecule has 0 aliphatic heterocycles. The normalized spacial score (nSPS) is 11.5. The first-order valence-electron chi connectivity index (χ1n) is 6.06. The molecule has 0 spiro atoms. The van der Waals surface area contributed by atoms with E-state index in [1.54, 1.807) is 7.11 Å². The van der Waals surface area contributed by atoms with E-state index in [1.165, 1.54) is 5.56 Å². The van der Waals surface area contributed by atoms with Crippen LogP contribution in [0.3, 0.4) is 0 Å². The van der Waals surface area contributed by atoms with Crippen molar-refractivity contribution < 1.29 is 9.15 Å². The third kappa shape index (κ3) is 3.07.